The van der Waals surface area contributed by atoms with E-state index in [1.54, 1.807) is 10.8 Å². The Morgan fingerprint density at radius 1 is 1.13 bits per heavy atom. The SMILES string of the molecule is COc1cscc1-c1cccc(F)c1F. The van der Waals surface area contributed by atoms with Gasteiger partial charge in [-0.05, 0) is 6.07 Å². The maximum atomic E-state index is 13.5. The molecule has 0 spiro atoms. The van der Waals surface area contributed by atoms with Gasteiger partial charge < -0.3 is 4.74 Å². The van der Waals surface area contributed by atoms with Crippen LogP contribution in [0.2, 0.25) is 0 Å². The summed E-state index contributed by atoms with van der Waals surface area (Å²) in [6.07, 6.45) is 0. The summed E-state index contributed by atoms with van der Waals surface area (Å²) >= 11 is 1.39. The van der Waals surface area contributed by atoms with Crippen LogP contribution in [-0.2, 0) is 0 Å². The van der Waals surface area contributed by atoms with Crippen LogP contribution in [0.4, 0.5) is 8.78 Å². The Kier molecular flexibility index (Phi) is 2.68. The summed E-state index contributed by atoms with van der Waals surface area (Å²) in [5.41, 5.74) is 0.813. The molecule has 78 valence electrons. The topological polar surface area (TPSA) is 9.23 Å². The maximum absolute atomic E-state index is 13.5. The molecule has 0 unspecified atom stereocenters. The van der Waals surface area contributed by atoms with Gasteiger partial charge in [-0.2, -0.15) is 0 Å². The molecule has 0 N–H and O–H groups in total. The van der Waals surface area contributed by atoms with Crippen molar-refractivity contribution in [1.82, 2.24) is 0 Å². The van der Waals surface area contributed by atoms with Crippen molar-refractivity contribution in [3.8, 4) is 16.9 Å². The third kappa shape index (κ3) is 1.72. The summed E-state index contributed by atoms with van der Waals surface area (Å²) in [4.78, 5) is 0. The number of ether oxygens (including phenoxy) is 1. The van der Waals surface area contributed by atoms with Gasteiger partial charge in [-0.15, -0.1) is 11.3 Å². The number of rotatable bonds is 2. The molecule has 15 heavy (non-hydrogen) atoms. The van der Waals surface area contributed by atoms with Crippen molar-refractivity contribution in [2.24, 2.45) is 0 Å². The molecule has 1 aromatic heterocycles. The van der Waals surface area contributed by atoms with Gasteiger partial charge in [0.05, 0.1) is 7.11 Å². The van der Waals surface area contributed by atoms with E-state index in [4.69, 9.17) is 4.74 Å². The molecule has 4 heteroatoms. The molecular weight excluding hydrogens is 218 g/mol. The first-order valence-corrected chi connectivity index (χ1v) is 5.23. The number of halogens is 2. The molecular formula is C11H8F2OS. The lowest BCUT2D eigenvalue weighted by molar-refractivity contribution is 0.417. The van der Waals surface area contributed by atoms with Gasteiger partial charge >= 0.3 is 0 Å². The van der Waals surface area contributed by atoms with Gasteiger partial charge in [-0.25, -0.2) is 8.78 Å². The third-order valence-corrected chi connectivity index (χ3v) is 2.81. The van der Waals surface area contributed by atoms with Crippen LogP contribution in [0.3, 0.4) is 0 Å². The predicted molar refractivity (Wildman–Crippen MR) is 56.2 cm³/mol. The zero-order valence-corrected chi connectivity index (χ0v) is 8.78. The van der Waals surface area contributed by atoms with Crippen LogP contribution < -0.4 is 4.74 Å². The van der Waals surface area contributed by atoms with Crippen LogP contribution in [0.1, 0.15) is 0 Å². The number of hydrogen-bond acceptors (Lipinski definition) is 2. The summed E-state index contributed by atoms with van der Waals surface area (Å²) < 4.78 is 31.5. The van der Waals surface area contributed by atoms with E-state index in [0.29, 0.717) is 11.3 Å². The lowest BCUT2D eigenvalue weighted by Gasteiger charge is -2.04. The zero-order valence-electron chi connectivity index (χ0n) is 7.96. The van der Waals surface area contributed by atoms with Gasteiger partial charge in [0, 0.05) is 21.9 Å². The fraction of sp³-hybridized carbons (Fsp3) is 0.0909. The molecule has 2 aromatic rings. The first-order chi connectivity index (χ1) is 7.24. The van der Waals surface area contributed by atoms with E-state index in [2.05, 4.69) is 0 Å². The highest BCUT2D eigenvalue weighted by molar-refractivity contribution is 7.08. The first-order valence-electron chi connectivity index (χ1n) is 4.28. The fourth-order valence-electron chi connectivity index (χ4n) is 1.35. The van der Waals surface area contributed by atoms with Crippen molar-refractivity contribution in [1.29, 1.82) is 0 Å². The Morgan fingerprint density at radius 2 is 1.93 bits per heavy atom. The second kappa shape index (κ2) is 3.98. The van der Waals surface area contributed by atoms with Gasteiger partial charge in [0.2, 0.25) is 0 Å². The van der Waals surface area contributed by atoms with E-state index < -0.39 is 11.6 Å². The minimum absolute atomic E-state index is 0.230. The van der Waals surface area contributed by atoms with Crippen molar-refractivity contribution < 1.29 is 13.5 Å². The molecule has 0 aliphatic heterocycles. The quantitative estimate of drug-likeness (QED) is 0.758. The molecule has 1 aromatic carbocycles. The van der Waals surface area contributed by atoms with Gasteiger partial charge in [0.1, 0.15) is 5.75 Å². The van der Waals surface area contributed by atoms with E-state index in [1.165, 1.54) is 30.6 Å². The average molecular weight is 226 g/mol. The highest BCUT2D eigenvalue weighted by atomic mass is 32.1. The number of hydrogen-bond donors (Lipinski definition) is 0. The van der Waals surface area contributed by atoms with Crippen LogP contribution in [0.5, 0.6) is 5.75 Å². The molecule has 0 bridgehead atoms. The van der Waals surface area contributed by atoms with Crippen LogP contribution in [-0.4, -0.2) is 7.11 Å². The summed E-state index contributed by atoms with van der Waals surface area (Å²) in [6.45, 7) is 0. The molecule has 0 amide bonds. The van der Waals surface area contributed by atoms with E-state index in [0.717, 1.165) is 6.07 Å². The third-order valence-electron chi connectivity index (χ3n) is 2.09. The molecule has 1 nitrogen and oxygen atoms in total. The summed E-state index contributed by atoms with van der Waals surface area (Å²) in [5, 5.41) is 3.48. The fourth-order valence-corrected chi connectivity index (χ4v) is 2.15. The van der Waals surface area contributed by atoms with Gasteiger partial charge in [-0.3, -0.25) is 0 Å². The van der Waals surface area contributed by atoms with E-state index in [9.17, 15) is 8.78 Å². The van der Waals surface area contributed by atoms with Crippen LogP contribution in [0.15, 0.2) is 29.0 Å². The van der Waals surface area contributed by atoms with Crippen LogP contribution in [0.25, 0.3) is 11.1 Å². The zero-order chi connectivity index (χ0) is 10.8. The molecule has 0 atom stereocenters. The van der Waals surface area contributed by atoms with Crippen molar-refractivity contribution in [3.05, 3.63) is 40.6 Å². The Labute approximate surface area is 89.9 Å². The largest absolute Gasteiger partial charge is 0.495 e. The molecule has 0 aliphatic rings. The van der Waals surface area contributed by atoms with Crippen LogP contribution >= 0.6 is 11.3 Å². The van der Waals surface area contributed by atoms with Crippen molar-refractivity contribution in [3.63, 3.8) is 0 Å². The lowest BCUT2D eigenvalue weighted by Crippen LogP contribution is -1.90. The van der Waals surface area contributed by atoms with Crippen molar-refractivity contribution in [2.75, 3.05) is 7.11 Å². The number of benzene rings is 1. The number of methoxy groups -OCH3 is 1. The molecule has 0 saturated heterocycles. The Morgan fingerprint density at radius 3 is 2.67 bits per heavy atom. The monoisotopic (exact) mass is 226 g/mol. The molecule has 2 rings (SSSR count). The number of thiophene rings is 1. The molecule has 0 aliphatic carbocycles. The average Bonchev–Trinajstić information content (AvgIpc) is 2.70. The maximum Gasteiger partial charge on any atom is 0.166 e. The van der Waals surface area contributed by atoms with Crippen molar-refractivity contribution in [2.45, 2.75) is 0 Å². The van der Waals surface area contributed by atoms with E-state index in [1.807, 2.05) is 0 Å². The molecule has 1 heterocycles. The molecule has 0 radical (unpaired) electrons. The predicted octanol–water partition coefficient (Wildman–Crippen LogP) is 3.70. The minimum atomic E-state index is -0.847. The summed E-state index contributed by atoms with van der Waals surface area (Å²) in [5.74, 6) is -1.13. The Hall–Kier alpha value is -1.42. The lowest BCUT2D eigenvalue weighted by atomic mass is 10.1. The summed E-state index contributed by atoms with van der Waals surface area (Å²) in [7, 11) is 1.50. The van der Waals surface area contributed by atoms with E-state index >= 15 is 0 Å². The van der Waals surface area contributed by atoms with Gasteiger partial charge in [0.15, 0.2) is 11.6 Å². The standard InChI is InChI=1S/C11H8F2OS/c1-14-10-6-15-5-8(10)7-3-2-4-9(12)11(7)13/h2-6H,1H3. The van der Waals surface area contributed by atoms with Crippen molar-refractivity contribution >= 4 is 11.3 Å². The minimum Gasteiger partial charge on any atom is -0.495 e. The smallest absolute Gasteiger partial charge is 0.166 e. The highest BCUT2D eigenvalue weighted by Gasteiger charge is 2.13. The Balaban J connectivity index is 2.59. The van der Waals surface area contributed by atoms with Gasteiger partial charge in [-0.1, -0.05) is 12.1 Å². The van der Waals surface area contributed by atoms with E-state index in [-0.39, 0.29) is 5.56 Å². The second-order valence-corrected chi connectivity index (χ2v) is 3.70. The highest BCUT2D eigenvalue weighted by Crippen LogP contribution is 2.35. The second-order valence-electron chi connectivity index (χ2n) is 2.96. The molecule has 0 fully saturated rings. The van der Waals surface area contributed by atoms with Crippen LogP contribution in [0, 0.1) is 11.6 Å². The Bertz CT molecular complexity index is 479. The normalized spacial score (nSPS) is 10.3. The van der Waals surface area contributed by atoms with Gasteiger partial charge in [0.25, 0.3) is 0 Å². The first kappa shape index (κ1) is 10.1. The summed E-state index contributed by atoms with van der Waals surface area (Å²) in [6, 6.07) is 4.10. The molecule has 0 saturated carbocycles.